The second-order valence-corrected chi connectivity index (χ2v) is 8.83. The Kier molecular flexibility index (Phi) is 6.29. The van der Waals surface area contributed by atoms with Crippen molar-refractivity contribution in [2.24, 2.45) is 0 Å². The summed E-state index contributed by atoms with van der Waals surface area (Å²) < 4.78 is 27.6. The standard InChI is InChI=1S/C21H26N2O3S/c1-16-6-10-18(11-7-16)21(24)22-15-14-17-8-12-20(13-9-17)27(25,26)23-19-4-2-3-5-19/h6-13,19,23H,2-5,14-15H2,1H3,(H,22,24). The van der Waals surface area contributed by atoms with E-state index in [-0.39, 0.29) is 11.9 Å². The first-order valence-corrected chi connectivity index (χ1v) is 10.9. The van der Waals surface area contributed by atoms with Crippen LogP contribution in [0, 0.1) is 6.92 Å². The van der Waals surface area contributed by atoms with Gasteiger partial charge in [-0.2, -0.15) is 0 Å². The highest BCUT2D eigenvalue weighted by Crippen LogP contribution is 2.20. The van der Waals surface area contributed by atoms with E-state index in [0.29, 0.717) is 23.4 Å². The Hall–Kier alpha value is -2.18. The van der Waals surface area contributed by atoms with Gasteiger partial charge >= 0.3 is 0 Å². The largest absolute Gasteiger partial charge is 0.352 e. The second-order valence-electron chi connectivity index (χ2n) is 7.12. The molecule has 2 aromatic rings. The SMILES string of the molecule is Cc1ccc(C(=O)NCCc2ccc(S(=O)(=O)NC3CCCC3)cc2)cc1. The van der Waals surface area contributed by atoms with E-state index in [1.54, 1.807) is 24.3 Å². The number of sulfonamides is 1. The van der Waals surface area contributed by atoms with Crippen molar-refractivity contribution in [1.29, 1.82) is 0 Å². The van der Waals surface area contributed by atoms with Crippen LogP contribution in [-0.4, -0.2) is 26.9 Å². The minimum atomic E-state index is -3.45. The summed E-state index contributed by atoms with van der Waals surface area (Å²) in [7, 11) is -3.45. The van der Waals surface area contributed by atoms with E-state index in [4.69, 9.17) is 0 Å². The molecule has 1 fully saturated rings. The molecule has 6 heteroatoms. The zero-order chi connectivity index (χ0) is 19.3. The van der Waals surface area contributed by atoms with Crippen molar-refractivity contribution in [2.75, 3.05) is 6.54 Å². The number of aryl methyl sites for hydroxylation is 1. The van der Waals surface area contributed by atoms with E-state index >= 15 is 0 Å². The number of rotatable bonds is 7. The van der Waals surface area contributed by atoms with Crippen LogP contribution in [-0.2, 0) is 16.4 Å². The number of amides is 1. The number of hydrogen-bond acceptors (Lipinski definition) is 3. The highest BCUT2D eigenvalue weighted by Gasteiger charge is 2.22. The maximum absolute atomic E-state index is 12.4. The Morgan fingerprint density at radius 2 is 1.63 bits per heavy atom. The minimum Gasteiger partial charge on any atom is -0.352 e. The molecule has 27 heavy (non-hydrogen) atoms. The lowest BCUT2D eigenvalue weighted by atomic mass is 10.1. The van der Waals surface area contributed by atoms with E-state index in [9.17, 15) is 13.2 Å². The number of hydrogen-bond donors (Lipinski definition) is 2. The predicted molar refractivity (Wildman–Crippen MR) is 106 cm³/mol. The summed E-state index contributed by atoms with van der Waals surface area (Å²) in [5.41, 5.74) is 2.74. The summed E-state index contributed by atoms with van der Waals surface area (Å²) in [4.78, 5) is 12.4. The van der Waals surface area contributed by atoms with Gasteiger partial charge in [0.1, 0.15) is 0 Å². The second kappa shape index (κ2) is 8.67. The van der Waals surface area contributed by atoms with Crippen LogP contribution in [0.2, 0.25) is 0 Å². The smallest absolute Gasteiger partial charge is 0.251 e. The number of carbonyl (C=O) groups is 1. The van der Waals surface area contributed by atoms with Crippen molar-refractivity contribution >= 4 is 15.9 Å². The van der Waals surface area contributed by atoms with Crippen molar-refractivity contribution in [3.05, 3.63) is 65.2 Å². The van der Waals surface area contributed by atoms with E-state index in [1.807, 2.05) is 31.2 Å². The molecular formula is C21H26N2O3S. The topological polar surface area (TPSA) is 75.3 Å². The molecule has 144 valence electrons. The van der Waals surface area contributed by atoms with E-state index < -0.39 is 10.0 Å². The lowest BCUT2D eigenvalue weighted by molar-refractivity contribution is 0.0954. The monoisotopic (exact) mass is 386 g/mol. The Bertz CT molecular complexity index is 869. The van der Waals surface area contributed by atoms with Crippen LogP contribution in [0.25, 0.3) is 0 Å². The lowest BCUT2D eigenvalue weighted by Gasteiger charge is -2.13. The number of nitrogens with one attached hydrogen (secondary N) is 2. The Balaban J connectivity index is 1.51. The van der Waals surface area contributed by atoms with Crippen molar-refractivity contribution in [3.63, 3.8) is 0 Å². The third-order valence-corrected chi connectivity index (χ3v) is 6.46. The molecule has 0 radical (unpaired) electrons. The first-order chi connectivity index (χ1) is 12.9. The Labute approximate surface area is 161 Å². The first kappa shape index (κ1) is 19.6. The maximum Gasteiger partial charge on any atom is 0.251 e. The van der Waals surface area contributed by atoms with Gasteiger partial charge in [0.15, 0.2) is 0 Å². The molecule has 0 bridgehead atoms. The molecule has 0 spiro atoms. The number of carbonyl (C=O) groups excluding carboxylic acids is 1. The molecule has 0 saturated heterocycles. The van der Waals surface area contributed by atoms with Crippen molar-refractivity contribution in [2.45, 2.75) is 50.0 Å². The van der Waals surface area contributed by atoms with Crippen LogP contribution in [0.5, 0.6) is 0 Å². The van der Waals surface area contributed by atoms with E-state index in [0.717, 1.165) is 36.8 Å². The zero-order valence-corrected chi connectivity index (χ0v) is 16.4. The fourth-order valence-electron chi connectivity index (χ4n) is 3.29. The van der Waals surface area contributed by atoms with Crippen LogP contribution in [0.15, 0.2) is 53.4 Å². The number of benzene rings is 2. The summed E-state index contributed by atoms with van der Waals surface area (Å²) >= 11 is 0. The highest BCUT2D eigenvalue weighted by molar-refractivity contribution is 7.89. The van der Waals surface area contributed by atoms with Gasteiger partial charge in [-0.3, -0.25) is 4.79 Å². The molecule has 1 amide bonds. The molecule has 2 aromatic carbocycles. The Morgan fingerprint density at radius 3 is 2.26 bits per heavy atom. The third-order valence-electron chi connectivity index (χ3n) is 4.92. The normalized spacial score (nSPS) is 15.0. The molecule has 1 aliphatic carbocycles. The van der Waals surface area contributed by atoms with Gasteiger partial charge < -0.3 is 5.32 Å². The molecule has 0 aliphatic heterocycles. The van der Waals surface area contributed by atoms with Gasteiger partial charge in [0.05, 0.1) is 4.90 Å². The van der Waals surface area contributed by atoms with Crippen LogP contribution >= 0.6 is 0 Å². The molecule has 3 rings (SSSR count). The minimum absolute atomic E-state index is 0.0617. The molecule has 1 aliphatic rings. The van der Waals surface area contributed by atoms with Crippen molar-refractivity contribution in [3.8, 4) is 0 Å². The van der Waals surface area contributed by atoms with Gasteiger partial charge in [0.25, 0.3) is 5.91 Å². The first-order valence-electron chi connectivity index (χ1n) is 9.40. The summed E-state index contributed by atoms with van der Waals surface area (Å²) in [6.07, 6.45) is 4.64. The fourth-order valence-corrected chi connectivity index (χ4v) is 4.60. The van der Waals surface area contributed by atoms with Crippen LogP contribution in [0.3, 0.4) is 0 Å². The van der Waals surface area contributed by atoms with Crippen LogP contribution in [0.4, 0.5) is 0 Å². The van der Waals surface area contributed by atoms with Gasteiger partial charge in [-0.1, -0.05) is 42.7 Å². The van der Waals surface area contributed by atoms with E-state index in [2.05, 4.69) is 10.0 Å². The quantitative estimate of drug-likeness (QED) is 0.767. The molecule has 5 nitrogen and oxygen atoms in total. The van der Waals surface area contributed by atoms with Crippen molar-refractivity contribution in [1.82, 2.24) is 10.0 Å². The molecular weight excluding hydrogens is 360 g/mol. The average Bonchev–Trinajstić information content (AvgIpc) is 3.15. The van der Waals surface area contributed by atoms with Crippen LogP contribution < -0.4 is 10.0 Å². The highest BCUT2D eigenvalue weighted by atomic mass is 32.2. The fraction of sp³-hybridized carbons (Fsp3) is 0.381. The zero-order valence-electron chi connectivity index (χ0n) is 15.6. The molecule has 2 N–H and O–H groups in total. The summed E-state index contributed by atoms with van der Waals surface area (Å²) in [5.74, 6) is -0.102. The van der Waals surface area contributed by atoms with Gasteiger partial charge in [-0.05, 0) is 56.0 Å². The van der Waals surface area contributed by atoms with Crippen LogP contribution in [0.1, 0.15) is 47.2 Å². The summed E-state index contributed by atoms with van der Waals surface area (Å²) in [6.45, 7) is 2.48. The molecule has 0 unspecified atom stereocenters. The van der Waals surface area contributed by atoms with E-state index in [1.165, 1.54) is 0 Å². The molecule has 0 heterocycles. The van der Waals surface area contributed by atoms with Gasteiger partial charge in [0, 0.05) is 18.2 Å². The molecule has 0 aromatic heterocycles. The lowest BCUT2D eigenvalue weighted by Crippen LogP contribution is -2.32. The predicted octanol–water partition coefficient (Wildman–Crippen LogP) is 3.19. The summed E-state index contributed by atoms with van der Waals surface area (Å²) in [5, 5.41) is 2.89. The maximum atomic E-state index is 12.4. The average molecular weight is 387 g/mol. The summed E-state index contributed by atoms with van der Waals surface area (Å²) in [6, 6.07) is 14.4. The van der Waals surface area contributed by atoms with Gasteiger partial charge in [-0.15, -0.1) is 0 Å². The van der Waals surface area contributed by atoms with Gasteiger partial charge in [-0.25, -0.2) is 13.1 Å². The van der Waals surface area contributed by atoms with Crippen molar-refractivity contribution < 1.29 is 13.2 Å². The Morgan fingerprint density at radius 1 is 1.00 bits per heavy atom. The third kappa shape index (κ3) is 5.40. The van der Waals surface area contributed by atoms with Gasteiger partial charge in [0.2, 0.25) is 10.0 Å². The molecule has 1 saturated carbocycles. The molecule has 0 atom stereocenters.